The molecule has 0 atom stereocenters. The third-order valence-corrected chi connectivity index (χ3v) is 5.36. The van der Waals surface area contributed by atoms with Gasteiger partial charge in [-0.25, -0.2) is 14.6 Å². The minimum Gasteiger partial charge on any atom is -0.268 e. The second kappa shape index (κ2) is 6.56. The maximum atomic E-state index is 13.3. The monoisotopic (exact) mass is 413 g/mol. The molecule has 0 spiro atoms. The number of nitro benzene ring substituents is 1. The van der Waals surface area contributed by atoms with Gasteiger partial charge < -0.3 is 0 Å². The molecule has 1 aliphatic rings. The zero-order valence-corrected chi connectivity index (χ0v) is 16.6. The Hall–Kier alpha value is -4.40. The summed E-state index contributed by atoms with van der Waals surface area (Å²) in [6, 6.07) is 13.1. The van der Waals surface area contributed by atoms with Gasteiger partial charge in [-0.1, -0.05) is 24.3 Å². The lowest BCUT2D eigenvalue weighted by molar-refractivity contribution is -0.384. The molecule has 5 rings (SSSR count). The van der Waals surface area contributed by atoms with Gasteiger partial charge in [0.25, 0.3) is 17.5 Å². The van der Waals surface area contributed by atoms with Gasteiger partial charge in [-0.15, -0.1) is 0 Å². The van der Waals surface area contributed by atoms with Crippen LogP contribution in [-0.4, -0.2) is 31.5 Å². The lowest BCUT2D eigenvalue weighted by Crippen LogP contribution is -2.29. The number of pyridine rings is 1. The largest absolute Gasteiger partial charge is 0.271 e. The van der Waals surface area contributed by atoms with Crippen LogP contribution in [0.15, 0.2) is 54.7 Å². The average molecular weight is 413 g/mol. The van der Waals surface area contributed by atoms with Crippen molar-refractivity contribution in [1.82, 2.24) is 14.8 Å². The number of carbonyl (C=O) groups excluding carboxylic acids is 2. The van der Waals surface area contributed by atoms with Gasteiger partial charge in [0.1, 0.15) is 0 Å². The van der Waals surface area contributed by atoms with Crippen molar-refractivity contribution in [3.63, 3.8) is 0 Å². The van der Waals surface area contributed by atoms with E-state index >= 15 is 0 Å². The molecule has 1 aliphatic heterocycles. The topological polar surface area (TPSA) is 111 Å². The first-order chi connectivity index (χ1) is 14.9. The fraction of sp³-hybridized carbons (Fsp3) is 0.0909. The van der Waals surface area contributed by atoms with E-state index in [1.54, 1.807) is 11.6 Å². The number of nitrogens with zero attached hydrogens (tertiary/aromatic N) is 5. The molecule has 0 saturated carbocycles. The highest BCUT2D eigenvalue weighted by molar-refractivity contribution is 6.37. The van der Waals surface area contributed by atoms with Crippen molar-refractivity contribution in [3.8, 4) is 5.69 Å². The van der Waals surface area contributed by atoms with Crippen LogP contribution in [0, 0.1) is 24.0 Å². The van der Waals surface area contributed by atoms with Crippen molar-refractivity contribution in [1.29, 1.82) is 0 Å². The molecule has 2 aromatic heterocycles. The summed E-state index contributed by atoms with van der Waals surface area (Å²) in [7, 11) is 0. The Kier molecular flexibility index (Phi) is 3.94. The fourth-order valence-electron chi connectivity index (χ4n) is 3.91. The number of aryl methyl sites for hydroxylation is 2. The van der Waals surface area contributed by atoms with Gasteiger partial charge in [0.2, 0.25) is 0 Å². The number of hydrogen-bond donors (Lipinski definition) is 0. The highest BCUT2D eigenvalue weighted by atomic mass is 16.6. The molecule has 0 radical (unpaired) electrons. The van der Waals surface area contributed by atoms with Crippen molar-refractivity contribution in [2.24, 2.45) is 0 Å². The molecule has 152 valence electrons. The van der Waals surface area contributed by atoms with Crippen LogP contribution in [0.1, 0.15) is 32.0 Å². The van der Waals surface area contributed by atoms with Crippen LogP contribution in [0.5, 0.6) is 0 Å². The zero-order valence-electron chi connectivity index (χ0n) is 16.6. The first-order valence-corrected chi connectivity index (χ1v) is 9.46. The predicted octanol–water partition coefficient (Wildman–Crippen LogP) is 3.75. The van der Waals surface area contributed by atoms with Gasteiger partial charge in [-0.3, -0.25) is 19.7 Å². The van der Waals surface area contributed by atoms with Gasteiger partial charge >= 0.3 is 0 Å². The normalized spacial score (nSPS) is 13.2. The van der Waals surface area contributed by atoms with Gasteiger partial charge in [-0.2, -0.15) is 5.10 Å². The Morgan fingerprint density at radius 3 is 2.52 bits per heavy atom. The Labute approximate surface area is 175 Å². The molecule has 0 unspecified atom stereocenters. The summed E-state index contributed by atoms with van der Waals surface area (Å²) in [5, 5.41) is 16.2. The Bertz CT molecular complexity index is 1440. The zero-order chi connectivity index (χ0) is 21.9. The van der Waals surface area contributed by atoms with Crippen LogP contribution in [-0.2, 0) is 0 Å². The molecule has 2 aromatic carbocycles. The SMILES string of the molecule is Cc1ccccc1-n1nc(C)c2c3c(cnc21)C(=O)N(c1cccc([N+](=O)[O-])c1)C3=O. The summed E-state index contributed by atoms with van der Waals surface area (Å²) in [6.07, 6.45) is 1.37. The summed E-state index contributed by atoms with van der Waals surface area (Å²) in [5.74, 6) is -1.13. The second-order valence-electron chi connectivity index (χ2n) is 7.25. The Morgan fingerprint density at radius 2 is 1.77 bits per heavy atom. The molecule has 0 saturated heterocycles. The first kappa shape index (κ1) is 18.6. The number of benzene rings is 2. The number of aromatic nitrogens is 3. The van der Waals surface area contributed by atoms with Crippen LogP contribution < -0.4 is 4.90 Å². The molecular formula is C22H15N5O4. The van der Waals surface area contributed by atoms with E-state index in [4.69, 9.17) is 0 Å². The van der Waals surface area contributed by atoms with Crippen LogP contribution >= 0.6 is 0 Å². The number of nitro groups is 1. The number of rotatable bonds is 3. The maximum Gasteiger partial charge on any atom is 0.271 e. The molecule has 9 heteroatoms. The molecule has 31 heavy (non-hydrogen) atoms. The highest BCUT2D eigenvalue weighted by Crippen LogP contribution is 2.35. The first-order valence-electron chi connectivity index (χ1n) is 9.46. The number of hydrogen-bond acceptors (Lipinski definition) is 6. The summed E-state index contributed by atoms with van der Waals surface area (Å²) < 4.78 is 1.66. The number of non-ortho nitro benzene ring substituents is 1. The minimum absolute atomic E-state index is 0.137. The van der Waals surface area contributed by atoms with Gasteiger partial charge in [0.15, 0.2) is 5.65 Å². The third kappa shape index (κ3) is 2.63. The standard InChI is InChI=1S/C22H15N5O4/c1-12-6-3-4-9-17(12)26-20-18(13(2)24-26)19-16(11-23-20)21(28)25(22(19)29)14-7-5-8-15(10-14)27(30)31/h3-11H,1-2H3. The molecule has 3 heterocycles. The van der Waals surface area contributed by atoms with E-state index in [0.29, 0.717) is 16.7 Å². The van der Waals surface area contributed by atoms with E-state index in [0.717, 1.165) is 16.2 Å². The molecule has 0 N–H and O–H groups in total. The molecule has 9 nitrogen and oxygen atoms in total. The lowest BCUT2D eigenvalue weighted by atomic mass is 10.1. The average Bonchev–Trinajstić information content (AvgIpc) is 3.22. The predicted molar refractivity (Wildman–Crippen MR) is 113 cm³/mol. The maximum absolute atomic E-state index is 13.3. The Morgan fingerprint density at radius 1 is 1.00 bits per heavy atom. The van der Waals surface area contributed by atoms with Crippen molar-refractivity contribution in [3.05, 3.63) is 87.2 Å². The number of imide groups is 1. The minimum atomic E-state index is -0.572. The van der Waals surface area contributed by atoms with Gasteiger partial charge in [0.05, 0.1) is 38.5 Å². The number of anilines is 1. The van der Waals surface area contributed by atoms with Crippen molar-refractivity contribution in [2.75, 3.05) is 4.90 Å². The van der Waals surface area contributed by atoms with Crippen molar-refractivity contribution >= 4 is 34.2 Å². The van der Waals surface area contributed by atoms with E-state index in [1.165, 1.54) is 30.5 Å². The van der Waals surface area contributed by atoms with Crippen LogP contribution in [0.2, 0.25) is 0 Å². The van der Waals surface area contributed by atoms with E-state index in [-0.39, 0.29) is 22.5 Å². The van der Waals surface area contributed by atoms with Crippen LogP contribution in [0.3, 0.4) is 0 Å². The van der Waals surface area contributed by atoms with Crippen molar-refractivity contribution in [2.45, 2.75) is 13.8 Å². The molecule has 0 aliphatic carbocycles. The summed E-state index contributed by atoms with van der Waals surface area (Å²) >= 11 is 0. The molecule has 0 bridgehead atoms. The number of fused-ring (bicyclic) bond motifs is 3. The second-order valence-corrected chi connectivity index (χ2v) is 7.25. The highest BCUT2D eigenvalue weighted by Gasteiger charge is 2.40. The Balaban J connectivity index is 1.71. The van der Waals surface area contributed by atoms with Gasteiger partial charge in [-0.05, 0) is 31.5 Å². The lowest BCUT2D eigenvalue weighted by Gasteiger charge is -2.13. The fourth-order valence-corrected chi connectivity index (χ4v) is 3.91. The number of amides is 2. The van der Waals surface area contributed by atoms with Crippen molar-refractivity contribution < 1.29 is 14.5 Å². The molecular weight excluding hydrogens is 398 g/mol. The number of para-hydroxylation sites is 1. The van der Waals surface area contributed by atoms with Crippen LogP contribution in [0.25, 0.3) is 16.7 Å². The van der Waals surface area contributed by atoms with E-state index in [2.05, 4.69) is 10.1 Å². The molecule has 2 amide bonds. The van der Waals surface area contributed by atoms with E-state index < -0.39 is 16.7 Å². The third-order valence-electron chi connectivity index (χ3n) is 5.36. The number of carbonyl (C=O) groups is 2. The van der Waals surface area contributed by atoms with Gasteiger partial charge in [0, 0.05) is 18.3 Å². The summed E-state index contributed by atoms with van der Waals surface area (Å²) in [6.45, 7) is 3.71. The van der Waals surface area contributed by atoms with E-state index in [9.17, 15) is 19.7 Å². The van der Waals surface area contributed by atoms with E-state index in [1.807, 2.05) is 31.2 Å². The quantitative estimate of drug-likeness (QED) is 0.287. The summed E-state index contributed by atoms with van der Waals surface area (Å²) in [4.78, 5) is 42.3. The molecule has 0 fully saturated rings. The molecule has 4 aromatic rings. The van der Waals surface area contributed by atoms with Crippen LogP contribution in [0.4, 0.5) is 11.4 Å². The smallest absolute Gasteiger partial charge is 0.268 e. The summed E-state index contributed by atoms with van der Waals surface area (Å²) in [5.41, 5.74) is 3.11.